The minimum absolute atomic E-state index is 1.01. The van der Waals surface area contributed by atoms with Crippen LogP contribution in [0.4, 0.5) is 0 Å². The molecule has 0 bridgehead atoms. The molecule has 0 atom stereocenters. The number of aromatic nitrogens is 2. The van der Waals surface area contributed by atoms with Gasteiger partial charge in [-0.2, -0.15) is 0 Å². The summed E-state index contributed by atoms with van der Waals surface area (Å²) in [6, 6.07) is 4.30. The first kappa shape index (κ1) is 8.30. The highest BCUT2D eigenvalue weighted by molar-refractivity contribution is 5.76. The molecular formula is C11H14N2. The molecule has 2 rings (SSSR count). The maximum absolute atomic E-state index is 4.57. The van der Waals surface area contributed by atoms with Crippen LogP contribution in [0.2, 0.25) is 0 Å². The first-order chi connectivity index (χ1) is 6.35. The number of hydrogen-bond donors (Lipinski definition) is 1. The van der Waals surface area contributed by atoms with Crippen LogP contribution in [0.5, 0.6) is 0 Å². The lowest BCUT2D eigenvalue weighted by Crippen LogP contribution is -1.95. The third-order valence-corrected chi connectivity index (χ3v) is 2.42. The van der Waals surface area contributed by atoms with Gasteiger partial charge in [0.05, 0.1) is 0 Å². The van der Waals surface area contributed by atoms with E-state index in [1.165, 1.54) is 16.6 Å². The highest BCUT2D eigenvalue weighted by atomic mass is 14.8. The topological polar surface area (TPSA) is 28.7 Å². The number of nitrogens with one attached hydrogen (secondary N) is 1. The lowest BCUT2D eigenvalue weighted by Gasteiger charge is -2.03. The highest BCUT2D eigenvalue weighted by Gasteiger charge is 2.03. The van der Waals surface area contributed by atoms with Crippen LogP contribution >= 0.6 is 0 Å². The van der Waals surface area contributed by atoms with Crippen molar-refractivity contribution in [2.75, 3.05) is 0 Å². The smallest absolute Gasteiger partial charge is 0.137 e. The molecule has 0 saturated carbocycles. The number of aryl methyl sites for hydroxylation is 2. The number of pyridine rings is 1. The van der Waals surface area contributed by atoms with E-state index in [0.717, 1.165) is 18.5 Å². The molecule has 13 heavy (non-hydrogen) atoms. The summed E-state index contributed by atoms with van der Waals surface area (Å²) in [7, 11) is 0. The molecule has 2 heteroatoms. The standard InChI is InChI=1S/C11H14N2/c1-3-8-7-9-5-6-12-11(9)13-10(8)4-2/h5-7H,3-4H2,1-2H3,(H,12,13). The van der Waals surface area contributed by atoms with E-state index in [0.29, 0.717) is 0 Å². The van der Waals surface area contributed by atoms with E-state index in [-0.39, 0.29) is 0 Å². The molecule has 0 aliphatic carbocycles. The van der Waals surface area contributed by atoms with Crippen LogP contribution in [0.25, 0.3) is 11.0 Å². The van der Waals surface area contributed by atoms with E-state index in [1.54, 1.807) is 0 Å². The molecule has 2 nitrogen and oxygen atoms in total. The summed E-state index contributed by atoms with van der Waals surface area (Å²) in [5.41, 5.74) is 3.60. The number of fused-ring (bicyclic) bond motifs is 1. The quantitative estimate of drug-likeness (QED) is 0.745. The first-order valence-corrected chi connectivity index (χ1v) is 4.81. The number of rotatable bonds is 2. The SMILES string of the molecule is CCc1cc2cc[nH]c2nc1CC. The fourth-order valence-electron chi connectivity index (χ4n) is 1.68. The first-order valence-electron chi connectivity index (χ1n) is 4.81. The summed E-state index contributed by atoms with van der Waals surface area (Å²) >= 11 is 0. The van der Waals surface area contributed by atoms with Gasteiger partial charge in [-0.1, -0.05) is 13.8 Å². The fourth-order valence-corrected chi connectivity index (χ4v) is 1.68. The van der Waals surface area contributed by atoms with Crippen molar-refractivity contribution in [3.63, 3.8) is 0 Å². The van der Waals surface area contributed by atoms with E-state index in [9.17, 15) is 0 Å². The van der Waals surface area contributed by atoms with Gasteiger partial charge in [-0.15, -0.1) is 0 Å². The van der Waals surface area contributed by atoms with Crippen molar-refractivity contribution in [3.8, 4) is 0 Å². The number of aromatic amines is 1. The number of H-pyrrole nitrogens is 1. The molecule has 0 aliphatic heterocycles. The van der Waals surface area contributed by atoms with Crippen LogP contribution in [0, 0.1) is 0 Å². The van der Waals surface area contributed by atoms with Gasteiger partial charge in [0.2, 0.25) is 0 Å². The zero-order valence-corrected chi connectivity index (χ0v) is 8.09. The van der Waals surface area contributed by atoms with Crippen molar-refractivity contribution < 1.29 is 0 Å². The Kier molecular flexibility index (Phi) is 2.05. The molecule has 0 amide bonds. The van der Waals surface area contributed by atoms with E-state index in [2.05, 4.69) is 35.9 Å². The van der Waals surface area contributed by atoms with Crippen molar-refractivity contribution >= 4 is 11.0 Å². The van der Waals surface area contributed by atoms with E-state index >= 15 is 0 Å². The second-order valence-corrected chi connectivity index (χ2v) is 3.22. The zero-order chi connectivity index (χ0) is 9.26. The molecule has 2 aromatic rings. The van der Waals surface area contributed by atoms with Crippen molar-refractivity contribution in [2.45, 2.75) is 26.7 Å². The molecule has 68 valence electrons. The van der Waals surface area contributed by atoms with Crippen molar-refractivity contribution in [1.29, 1.82) is 0 Å². The van der Waals surface area contributed by atoms with E-state index < -0.39 is 0 Å². The van der Waals surface area contributed by atoms with Crippen LogP contribution in [0.3, 0.4) is 0 Å². The maximum Gasteiger partial charge on any atom is 0.137 e. The monoisotopic (exact) mass is 174 g/mol. The van der Waals surface area contributed by atoms with Crippen molar-refractivity contribution in [3.05, 3.63) is 29.6 Å². The Morgan fingerprint density at radius 2 is 2.15 bits per heavy atom. The molecule has 0 aromatic carbocycles. The highest BCUT2D eigenvalue weighted by Crippen LogP contribution is 2.16. The Morgan fingerprint density at radius 1 is 1.31 bits per heavy atom. The molecule has 0 fully saturated rings. The largest absolute Gasteiger partial charge is 0.346 e. The van der Waals surface area contributed by atoms with Gasteiger partial charge in [0.25, 0.3) is 0 Å². The molecule has 0 unspecified atom stereocenters. The van der Waals surface area contributed by atoms with Gasteiger partial charge < -0.3 is 4.98 Å². The van der Waals surface area contributed by atoms with Crippen molar-refractivity contribution in [2.24, 2.45) is 0 Å². The van der Waals surface area contributed by atoms with Crippen LogP contribution in [0.15, 0.2) is 18.3 Å². The van der Waals surface area contributed by atoms with E-state index in [1.807, 2.05) is 6.20 Å². The Morgan fingerprint density at radius 3 is 2.85 bits per heavy atom. The Bertz CT molecular complexity index is 377. The number of hydrogen-bond acceptors (Lipinski definition) is 1. The summed E-state index contributed by atoms with van der Waals surface area (Å²) in [4.78, 5) is 7.70. The molecule has 1 N–H and O–H groups in total. The predicted octanol–water partition coefficient (Wildman–Crippen LogP) is 2.69. The summed E-state index contributed by atoms with van der Waals surface area (Å²) < 4.78 is 0. The van der Waals surface area contributed by atoms with Crippen molar-refractivity contribution in [1.82, 2.24) is 9.97 Å². The van der Waals surface area contributed by atoms with Gasteiger partial charge in [-0.3, -0.25) is 0 Å². The Hall–Kier alpha value is -1.31. The van der Waals surface area contributed by atoms with Gasteiger partial charge in [-0.05, 0) is 30.5 Å². The summed E-state index contributed by atoms with van der Waals surface area (Å²) in [5.74, 6) is 0. The minimum Gasteiger partial charge on any atom is -0.346 e. The Balaban J connectivity index is 2.67. The minimum atomic E-state index is 1.01. The van der Waals surface area contributed by atoms with Crippen LogP contribution in [-0.4, -0.2) is 9.97 Å². The molecule has 2 heterocycles. The molecular weight excluding hydrogens is 160 g/mol. The van der Waals surface area contributed by atoms with Gasteiger partial charge in [-0.25, -0.2) is 4.98 Å². The lowest BCUT2D eigenvalue weighted by atomic mass is 10.1. The lowest BCUT2D eigenvalue weighted by molar-refractivity contribution is 0.977. The molecule has 0 saturated heterocycles. The molecule has 0 radical (unpaired) electrons. The maximum atomic E-state index is 4.57. The summed E-state index contributed by atoms with van der Waals surface area (Å²) in [5, 5.41) is 1.22. The van der Waals surface area contributed by atoms with Gasteiger partial charge in [0.1, 0.15) is 5.65 Å². The zero-order valence-electron chi connectivity index (χ0n) is 8.09. The summed E-state index contributed by atoms with van der Waals surface area (Å²) in [6.07, 6.45) is 4.02. The van der Waals surface area contributed by atoms with Gasteiger partial charge in [0, 0.05) is 17.3 Å². The number of nitrogens with zero attached hydrogens (tertiary/aromatic N) is 1. The third kappa shape index (κ3) is 1.32. The molecule has 2 aromatic heterocycles. The third-order valence-electron chi connectivity index (χ3n) is 2.42. The van der Waals surface area contributed by atoms with E-state index in [4.69, 9.17) is 0 Å². The predicted molar refractivity (Wildman–Crippen MR) is 54.8 cm³/mol. The second kappa shape index (κ2) is 3.21. The van der Waals surface area contributed by atoms with Gasteiger partial charge in [0.15, 0.2) is 0 Å². The Labute approximate surface area is 78.0 Å². The second-order valence-electron chi connectivity index (χ2n) is 3.22. The van der Waals surface area contributed by atoms with Gasteiger partial charge >= 0.3 is 0 Å². The molecule has 0 aliphatic rings. The molecule has 0 spiro atoms. The van der Waals surface area contributed by atoms with Crippen LogP contribution in [0.1, 0.15) is 25.1 Å². The average Bonchev–Trinajstić information content (AvgIpc) is 2.62. The average molecular weight is 174 g/mol. The summed E-state index contributed by atoms with van der Waals surface area (Å²) in [6.45, 7) is 4.32. The fraction of sp³-hybridized carbons (Fsp3) is 0.364. The normalized spacial score (nSPS) is 10.9. The van der Waals surface area contributed by atoms with Crippen LogP contribution in [-0.2, 0) is 12.8 Å². The van der Waals surface area contributed by atoms with Crippen LogP contribution < -0.4 is 0 Å².